The zero-order valence-corrected chi connectivity index (χ0v) is 20.1. The van der Waals surface area contributed by atoms with Gasteiger partial charge >= 0.3 is 11.9 Å². The summed E-state index contributed by atoms with van der Waals surface area (Å²) in [7, 11) is 1.24. The van der Waals surface area contributed by atoms with Crippen LogP contribution in [0.25, 0.3) is 22.5 Å². The first-order valence-electron chi connectivity index (χ1n) is 10.7. The average Bonchev–Trinajstić information content (AvgIpc) is 2.87. The minimum absolute atomic E-state index is 0.00642. The predicted molar refractivity (Wildman–Crippen MR) is 135 cm³/mol. The van der Waals surface area contributed by atoms with Gasteiger partial charge < -0.3 is 31.5 Å². The molecule has 0 spiro atoms. The number of rotatable bonds is 4. The van der Waals surface area contributed by atoms with Gasteiger partial charge in [-0.3, -0.25) is 0 Å². The number of hydrogen-bond acceptors (Lipinski definition) is 11. The number of aryl methyl sites for hydroxylation is 2. The lowest BCUT2D eigenvalue weighted by atomic mass is 10.1. The first kappa shape index (κ1) is 26.3. The molecule has 0 saturated heterocycles. The number of nitrogens with zero attached hydrogens (tertiary/aromatic N) is 4. The molecular formula is C25H24N6O6. The molecule has 37 heavy (non-hydrogen) atoms. The van der Waals surface area contributed by atoms with Crippen LogP contribution in [0.15, 0.2) is 48.8 Å². The van der Waals surface area contributed by atoms with Gasteiger partial charge in [0.1, 0.15) is 11.5 Å². The molecule has 2 heterocycles. The van der Waals surface area contributed by atoms with Crippen molar-refractivity contribution in [2.75, 3.05) is 18.6 Å². The molecule has 7 N–H and O–H groups in total. The molecule has 0 fully saturated rings. The maximum Gasteiger partial charge on any atom is 0.360 e. The summed E-state index contributed by atoms with van der Waals surface area (Å²) in [4.78, 5) is 38.1. The lowest BCUT2D eigenvalue weighted by molar-refractivity contribution is 0.0594. The minimum Gasteiger partial charge on any atom is -0.508 e. The van der Waals surface area contributed by atoms with E-state index in [1.54, 1.807) is 44.2 Å². The third kappa shape index (κ3) is 6.06. The Hall–Kier alpha value is -5.26. The van der Waals surface area contributed by atoms with E-state index in [9.17, 15) is 19.8 Å². The molecule has 190 valence electrons. The van der Waals surface area contributed by atoms with E-state index in [-0.39, 0.29) is 34.5 Å². The van der Waals surface area contributed by atoms with Gasteiger partial charge in [-0.15, -0.1) is 0 Å². The highest BCUT2D eigenvalue weighted by atomic mass is 16.5. The fourth-order valence-corrected chi connectivity index (χ4v) is 3.02. The van der Waals surface area contributed by atoms with Crippen molar-refractivity contribution in [3.05, 3.63) is 71.3 Å². The van der Waals surface area contributed by atoms with Gasteiger partial charge in [0.15, 0.2) is 23.0 Å². The number of phenolic OH excluding ortho intramolecular Hbond substituents is 2. The Morgan fingerprint density at radius 1 is 0.784 bits per heavy atom. The van der Waals surface area contributed by atoms with Gasteiger partial charge in [-0.25, -0.2) is 29.5 Å². The van der Waals surface area contributed by atoms with Crippen molar-refractivity contribution in [2.24, 2.45) is 0 Å². The van der Waals surface area contributed by atoms with Crippen molar-refractivity contribution in [3.63, 3.8) is 0 Å². The topological polar surface area (TPSA) is 208 Å². The molecular weight excluding hydrogens is 480 g/mol. The molecule has 0 saturated carbocycles. The zero-order valence-electron chi connectivity index (χ0n) is 20.1. The van der Waals surface area contributed by atoms with Crippen LogP contribution in [0.4, 0.5) is 11.6 Å². The number of carboxylic acid groups (broad SMARTS) is 1. The van der Waals surface area contributed by atoms with E-state index in [0.29, 0.717) is 22.5 Å². The summed E-state index contributed by atoms with van der Waals surface area (Å²) in [6.07, 6.45) is 2.80. The molecule has 0 aliphatic rings. The average molecular weight is 505 g/mol. The fourth-order valence-electron chi connectivity index (χ4n) is 3.02. The number of esters is 1. The second kappa shape index (κ2) is 11.0. The highest BCUT2D eigenvalue weighted by Gasteiger charge is 2.16. The third-order valence-corrected chi connectivity index (χ3v) is 5.19. The number of hydrogen-bond donors (Lipinski definition) is 5. The summed E-state index contributed by atoms with van der Waals surface area (Å²) in [5.74, 6) is -1.75. The Bertz CT molecular complexity index is 1490. The number of ether oxygens (including phenoxy) is 1. The zero-order chi connectivity index (χ0) is 27.3. The van der Waals surface area contributed by atoms with Crippen molar-refractivity contribution in [3.8, 4) is 34.0 Å². The molecule has 0 aliphatic carbocycles. The molecule has 4 aromatic rings. The lowest BCUT2D eigenvalue weighted by Gasteiger charge is -2.06. The Morgan fingerprint density at radius 3 is 1.62 bits per heavy atom. The molecule has 12 nitrogen and oxygen atoms in total. The third-order valence-electron chi connectivity index (χ3n) is 5.19. The van der Waals surface area contributed by atoms with E-state index in [4.69, 9.17) is 16.6 Å². The van der Waals surface area contributed by atoms with Gasteiger partial charge in [0.25, 0.3) is 0 Å². The normalized spacial score (nSPS) is 10.2. The summed E-state index contributed by atoms with van der Waals surface area (Å²) in [5.41, 5.74) is 14.1. The number of aromatic carboxylic acids is 1. The van der Waals surface area contributed by atoms with Crippen molar-refractivity contribution < 1.29 is 29.6 Å². The number of aromatic hydroxyl groups is 2. The van der Waals surface area contributed by atoms with Crippen molar-refractivity contribution in [1.29, 1.82) is 0 Å². The summed E-state index contributed by atoms with van der Waals surface area (Å²) in [6.45, 7) is 3.55. The second-order valence-electron chi connectivity index (χ2n) is 7.78. The number of aromatic nitrogens is 4. The fraction of sp³-hybridized carbons (Fsp3) is 0.120. The van der Waals surface area contributed by atoms with E-state index < -0.39 is 11.9 Å². The van der Waals surface area contributed by atoms with E-state index in [2.05, 4.69) is 24.7 Å². The van der Waals surface area contributed by atoms with Gasteiger partial charge in [0.2, 0.25) is 0 Å². The van der Waals surface area contributed by atoms with Gasteiger partial charge in [-0.2, -0.15) is 0 Å². The molecule has 2 aromatic heterocycles. The number of nitrogens with two attached hydrogens (primary N) is 2. The lowest BCUT2D eigenvalue weighted by Crippen LogP contribution is -2.10. The molecule has 12 heteroatoms. The van der Waals surface area contributed by atoms with Crippen molar-refractivity contribution >= 4 is 23.6 Å². The Labute approximate surface area is 211 Å². The molecule has 4 rings (SSSR count). The standard InChI is InChI=1S/C13H13N3O3.C12H11N3O3/c1-7-3-4-8(5-10(7)17)9-6-15-12(14)11(16-9)13(18)19-2;1-6-2-3-7(4-9(6)16)8-5-14-11(13)10(15-8)12(17)18/h3-6,17H,1-2H3,(H2,14,15);2-5,16H,1H3,(H2,13,14)(H,17,18). The summed E-state index contributed by atoms with van der Waals surface area (Å²) in [5, 5.41) is 28.2. The highest BCUT2D eigenvalue weighted by Crippen LogP contribution is 2.26. The van der Waals surface area contributed by atoms with Crippen LogP contribution >= 0.6 is 0 Å². The van der Waals surface area contributed by atoms with Crippen LogP contribution in [0.2, 0.25) is 0 Å². The monoisotopic (exact) mass is 504 g/mol. The van der Waals surface area contributed by atoms with Crippen LogP contribution in [0.3, 0.4) is 0 Å². The van der Waals surface area contributed by atoms with E-state index in [1.165, 1.54) is 25.6 Å². The molecule has 0 amide bonds. The van der Waals surface area contributed by atoms with Crippen LogP contribution in [0, 0.1) is 13.8 Å². The first-order valence-corrected chi connectivity index (χ1v) is 10.7. The Kier molecular flexibility index (Phi) is 7.83. The molecule has 2 aromatic carbocycles. The Morgan fingerprint density at radius 2 is 1.22 bits per heavy atom. The number of carboxylic acids is 1. The molecule has 0 aliphatic heterocycles. The van der Waals surface area contributed by atoms with Gasteiger partial charge in [-0.1, -0.05) is 24.3 Å². The summed E-state index contributed by atoms with van der Waals surface area (Å²) in [6, 6.07) is 10.0. The molecule has 0 radical (unpaired) electrons. The van der Waals surface area contributed by atoms with Crippen molar-refractivity contribution in [1.82, 2.24) is 19.9 Å². The van der Waals surface area contributed by atoms with E-state index >= 15 is 0 Å². The van der Waals surface area contributed by atoms with Crippen molar-refractivity contribution in [2.45, 2.75) is 13.8 Å². The molecule has 0 atom stereocenters. The van der Waals surface area contributed by atoms with Crippen LogP contribution in [-0.2, 0) is 4.74 Å². The van der Waals surface area contributed by atoms with Gasteiger partial charge in [0, 0.05) is 11.1 Å². The quantitative estimate of drug-likeness (QED) is 0.254. The van der Waals surface area contributed by atoms with E-state index in [1.807, 2.05) is 0 Å². The number of carbonyl (C=O) groups excluding carboxylic acids is 1. The smallest absolute Gasteiger partial charge is 0.360 e. The Balaban J connectivity index is 0.000000206. The molecule has 0 unspecified atom stereocenters. The number of methoxy groups -OCH3 is 1. The maximum atomic E-state index is 11.5. The second-order valence-corrected chi connectivity index (χ2v) is 7.78. The number of nitrogen functional groups attached to an aromatic ring is 2. The number of anilines is 2. The largest absolute Gasteiger partial charge is 0.508 e. The number of benzene rings is 2. The SMILES string of the molecule is COC(=O)c1nc(-c2ccc(C)c(O)c2)cnc1N.Cc1ccc(-c2cnc(N)c(C(=O)O)n2)cc1O. The summed E-state index contributed by atoms with van der Waals surface area (Å²) >= 11 is 0. The maximum absolute atomic E-state index is 11.5. The summed E-state index contributed by atoms with van der Waals surface area (Å²) < 4.78 is 4.58. The predicted octanol–water partition coefficient (Wildman–Crippen LogP) is 2.96. The molecule has 0 bridgehead atoms. The van der Waals surface area contributed by atoms with Gasteiger partial charge in [0.05, 0.1) is 30.9 Å². The van der Waals surface area contributed by atoms with Crippen LogP contribution in [-0.4, -0.2) is 54.3 Å². The van der Waals surface area contributed by atoms with Crippen LogP contribution < -0.4 is 11.5 Å². The minimum atomic E-state index is -1.24. The number of carbonyl (C=O) groups is 2. The van der Waals surface area contributed by atoms with E-state index in [0.717, 1.165) is 11.1 Å². The van der Waals surface area contributed by atoms with Crippen LogP contribution in [0.1, 0.15) is 32.1 Å². The first-order chi connectivity index (χ1) is 17.5. The van der Waals surface area contributed by atoms with Crippen LogP contribution in [0.5, 0.6) is 11.5 Å². The highest BCUT2D eigenvalue weighted by molar-refractivity contribution is 5.92. The number of phenols is 2. The van der Waals surface area contributed by atoms with Gasteiger partial charge in [-0.05, 0) is 37.1 Å².